The zero-order chi connectivity index (χ0) is 12.3. The van der Waals surface area contributed by atoms with Crippen molar-refractivity contribution in [1.29, 1.82) is 0 Å². The van der Waals surface area contributed by atoms with Gasteiger partial charge in [0.25, 0.3) is 0 Å². The molecule has 3 atom stereocenters. The molecule has 2 N–H and O–H groups in total. The lowest BCUT2D eigenvalue weighted by atomic mass is 10.1. The number of halogens is 1. The first-order chi connectivity index (χ1) is 8.15. The lowest BCUT2D eigenvalue weighted by molar-refractivity contribution is 0.177. The third kappa shape index (κ3) is 3.80. The van der Waals surface area contributed by atoms with Crippen molar-refractivity contribution in [1.82, 2.24) is 5.32 Å². The van der Waals surface area contributed by atoms with Gasteiger partial charge >= 0.3 is 0 Å². The molecule has 2 nitrogen and oxygen atoms in total. The molecule has 2 rings (SSSR count). The van der Waals surface area contributed by atoms with Gasteiger partial charge in [0.1, 0.15) is 0 Å². The van der Waals surface area contributed by atoms with Crippen LogP contribution in [0.5, 0.6) is 0 Å². The molecular weight excluding hydrogens is 278 g/mol. The minimum atomic E-state index is -0.0650. The Morgan fingerprint density at radius 2 is 2.06 bits per heavy atom. The molecule has 0 spiro atoms. The van der Waals surface area contributed by atoms with E-state index in [0.29, 0.717) is 12.0 Å². The predicted octanol–water partition coefficient (Wildman–Crippen LogP) is 3.26. The first-order valence-electron chi connectivity index (χ1n) is 6.32. The molecule has 94 valence electrons. The van der Waals surface area contributed by atoms with Crippen LogP contribution in [0.25, 0.3) is 0 Å². The van der Waals surface area contributed by atoms with Gasteiger partial charge in [0.2, 0.25) is 0 Å². The van der Waals surface area contributed by atoms with Crippen LogP contribution in [0.2, 0.25) is 0 Å². The first kappa shape index (κ1) is 13.1. The Bertz CT molecular complexity index is 352. The Morgan fingerprint density at radius 1 is 1.35 bits per heavy atom. The second-order valence-corrected chi connectivity index (χ2v) is 5.93. The maximum atomic E-state index is 9.48. The van der Waals surface area contributed by atoms with E-state index in [-0.39, 0.29) is 6.10 Å². The van der Waals surface area contributed by atoms with Gasteiger partial charge in [-0.3, -0.25) is 0 Å². The molecule has 0 aliphatic heterocycles. The fourth-order valence-corrected chi connectivity index (χ4v) is 2.71. The summed E-state index contributed by atoms with van der Waals surface area (Å²) in [5, 5.41) is 13.0. The molecule has 1 aromatic rings. The number of nitrogens with one attached hydrogen (secondary N) is 1. The second kappa shape index (κ2) is 5.98. The van der Waals surface area contributed by atoms with Crippen molar-refractivity contribution in [3.05, 3.63) is 34.3 Å². The summed E-state index contributed by atoms with van der Waals surface area (Å²) in [5.74, 6) is 0.642. The van der Waals surface area contributed by atoms with Crippen molar-refractivity contribution in [3.63, 3.8) is 0 Å². The van der Waals surface area contributed by atoms with Crippen LogP contribution in [0.1, 0.15) is 37.8 Å². The maximum Gasteiger partial charge on any atom is 0.0543 e. The summed E-state index contributed by atoms with van der Waals surface area (Å²) < 4.78 is 1.12. The number of hydrogen-bond acceptors (Lipinski definition) is 2. The SMILES string of the molecule is CC(NCC1CCC(O)C1)c1ccc(Br)cc1. The summed E-state index contributed by atoms with van der Waals surface area (Å²) in [6, 6.07) is 8.82. The second-order valence-electron chi connectivity index (χ2n) is 5.01. The van der Waals surface area contributed by atoms with E-state index in [2.05, 4.69) is 52.4 Å². The van der Waals surface area contributed by atoms with E-state index < -0.39 is 0 Å². The van der Waals surface area contributed by atoms with Gasteiger partial charge < -0.3 is 10.4 Å². The highest BCUT2D eigenvalue weighted by atomic mass is 79.9. The van der Waals surface area contributed by atoms with E-state index in [1.54, 1.807) is 0 Å². The van der Waals surface area contributed by atoms with Crippen molar-refractivity contribution in [3.8, 4) is 0 Å². The number of rotatable bonds is 4. The molecule has 0 radical (unpaired) electrons. The van der Waals surface area contributed by atoms with Crippen LogP contribution in [-0.2, 0) is 0 Å². The molecule has 3 heteroatoms. The number of aliphatic hydroxyl groups is 1. The Morgan fingerprint density at radius 3 is 2.65 bits per heavy atom. The Hall–Kier alpha value is -0.380. The molecule has 1 aliphatic rings. The summed E-state index contributed by atoms with van der Waals surface area (Å²) in [6.45, 7) is 3.20. The van der Waals surface area contributed by atoms with Crippen molar-refractivity contribution in [2.45, 2.75) is 38.3 Å². The summed E-state index contributed by atoms with van der Waals surface area (Å²) in [5.41, 5.74) is 1.31. The summed E-state index contributed by atoms with van der Waals surface area (Å²) >= 11 is 3.45. The third-order valence-electron chi connectivity index (χ3n) is 3.60. The fraction of sp³-hybridized carbons (Fsp3) is 0.571. The number of hydrogen-bond donors (Lipinski definition) is 2. The summed E-state index contributed by atoms with van der Waals surface area (Å²) in [7, 11) is 0. The van der Waals surface area contributed by atoms with Crippen LogP contribution in [0.3, 0.4) is 0 Å². The highest BCUT2D eigenvalue weighted by Crippen LogP contribution is 2.25. The van der Waals surface area contributed by atoms with Crippen LogP contribution in [0.4, 0.5) is 0 Å². The highest BCUT2D eigenvalue weighted by Gasteiger charge is 2.22. The zero-order valence-electron chi connectivity index (χ0n) is 10.2. The van der Waals surface area contributed by atoms with E-state index >= 15 is 0 Å². The average molecular weight is 298 g/mol. The molecule has 1 aliphatic carbocycles. The van der Waals surface area contributed by atoms with Gasteiger partial charge in [0.15, 0.2) is 0 Å². The molecular formula is C14H20BrNO. The van der Waals surface area contributed by atoms with Gasteiger partial charge in [0.05, 0.1) is 6.10 Å². The molecule has 3 unspecified atom stereocenters. The lowest BCUT2D eigenvalue weighted by Crippen LogP contribution is -2.24. The minimum absolute atomic E-state index is 0.0650. The van der Waals surface area contributed by atoms with E-state index in [1.165, 1.54) is 5.56 Å². The van der Waals surface area contributed by atoms with E-state index in [1.807, 2.05) is 0 Å². The predicted molar refractivity (Wildman–Crippen MR) is 73.9 cm³/mol. The van der Waals surface area contributed by atoms with Gasteiger partial charge in [-0.1, -0.05) is 28.1 Å². The minimum Gasteiger partial charge on any atom is -0.393 e. The standard InChI is InChI=1S/C14H20BrNO/c1-10(12-3-5-13(15)6-4-12)16-9-11-2-7-14(17)8-11/h3-6,10-11,14,16-17H,2,7-9H2,1H3. The molecule has 17 heavy (non-hydrogen) atoms. The number of benzene rings is 1. The average Bonchev–Trinajstić information content (AvgIpc) is 2.73. The van der Waals surface area contributed by atoms with E-state index in [9.17, 15) is 5.11 Å². The molecule has 1 aromatic carbocycles. The van der Waals surface area contributed by atoms with Crippen molar-refractivity contribution >= 4 is 15.9 Å². The topological polar surface area (TPSA) is 32.3 Å². The van der Waals surface area contributed by atoms with Gasteiger partial charge in [-0.2, -0.15) is 0 Å². The van der Waals surface area contributed by atoms with Crippen molar-refractivity contribution in [2.75, 3.05) is 6.54 Å². The molecule has 0 heterocycles. The third-order valence-corrected chi connectivity index (χ3v) is 4.12. The summed E-state index contributed by atoms with van der Waals surface area (Å²) in [4.78, 5) is 0. The van der Waals surface area contributed by atoms with E-state index in [0.717, 1.165) is 30.3 Å². The van der Waals surface area contributed by atoms with Crippen LogP contribution >= 0.6 is 15.9 Å². The van der Waals surface area contributed by atoms with Crippen LogP contribution in [0, 0.1) is 5.92 Å². The lowest BCUT2D eigenvalue weighted by Gasteiger charge is -2.17. The van der Waals surface area contributed by atoms with Crippen LogP contribution in [-0.4, -0.2) is 17.8 Å². The molecule has 1 saturated carbocycles. The summed E-state index contributed by atoms with van der Waals surface area (Å²) in [6.07, 6.45) is 3.02. The van der Waals surface area contributed by atoms with Gasteiger partial charge in [0, 0.05) is 10.5 Å². The number of aliphatic hydroxyl groups excluding tert-OH is 1. The molecule has 0 bridgehead atoms. The molecule has 0 aromatic heterocycles. The normalized spacial score (nSPS) is 26.1. The molecule has 1 fully saturated rings. The van der Waals surface area contributed by atoms with Crippen molar-refractivity contribution in [2.24, 2.45) is 5.92 Å². The largest absolute Gasteiger partial charge is 0.393 e. The van der Waals surface area contributed by atoms with E-state index in [4.69, 9.17) is 0 Å². The Labute approximate surface area is 112 Å². The van der Waals surface area contributed by atoms with Crippen molar-refractivity contribution < 1.29 is 5.11 Å². The molecule has 0 saturated heterocycles. The van der Waals surface area contributed by atoms with Gasteiger partial charge in [-0.15, -0.1) is 0 Å². The first-order valence-corrected chi connectivity index (χ1v) is 7.11. The zero-order valence-corrected chi connectivity index (χ0v) is 11.8. The monoisotopic (exact) mass is 297 g/mol. The van der Waals surface area contributed by atoms with Crippen LogP contribution < -0.4 is 5.32 Å². The smallest absolute Gasteiger partial charge is 0.0543 e. The van der Waals surface area contributed by atoms with Gasteiger partial charge in [-0.05, 0) is 56.3 Å². The fourth-order valence-electron chi connectivity index (χ4n) is 2.45. The molecule has 0 amide bonds. The maximum absolute atomic E-state index is 9.48. The highest BCUT2D eigenvalue weighted by molar-refractivity contribution is 9.10. The Kier molecular flexibility index (Phi) is 4.60. The quantitative estimate of drug-likeness (QED) is 0.894. The Balaban J connectivity index is 1.81. The van der Waals surface area contributed by atoms with Crippen LogP contribution in [0.15, 0.2) is 28.7 Å². The van der Waals surface area contributed by atoms with Gasteiger partial charge in [-0.25, -0.2) is 0 Å².